The van der Waals surface area contributed by atoms with E-state index in [9.17, 15) is 9.59 Å². The molecular formula is C10H15BrO5. The standard InChI is InChI=1S/C10H15BrO5/c1-5-9(16-7(3)13)8(15-6(2)12)4-14-10(5)11/h5,8-10H,4H2,1-3H3/t5-,8-,9-,10?/m1/s1. The lowest BCUT2D eigenvalue weighted by Crippen LogP contribution is -2.49. The first kappa shape index (κ1) is 13.4. The molecule has 1 aliphatic heterocycles. The Balaban J connectivity index is 2.72. The first-order valence-electron chi connectivity index (χ1n) is 5.02. The van der Waals surface area contributed by atoms with Crippen LogP contribution in [0.25, 0.3) is 0 Å². The molecule has 0 radical (unpaired) electrons. The summed E-state index contributed by atoms with van der Waals surface area (Å²) in [7, 11) is 0. The molecular weight excluding hydrogens is 280 g/mol. The summed E-state index contributed by atoms with van der Waals surface area (Å²) in [6, 6.07) is 0. The Morgan fingerprint density at radius 1 is 1.25 bits per heavy atom. The number of alkyl halides is 1. The molecule has 1 rings (SSSR count). The molecule has 0 spiro atoms. The van der Waals surface area contributed by atoms with Crippen LogP contribution in [0.2, 0.25) is 0 Å². The van der Waals surface area contributed by atoms with Crippen molar-refractivity contribution in [3.63, 3.8) is 0 Å². The minimum Gasteiger partial charge on any atom is -0.458 e. The summed E-state index contributed by atoms with van der Waals surface area (Å²) in [5, 5.41) is -0.205. The van der Waals surface area contributed by atoms with Crippen LogP contribution in [0.3, 0.4) is 0 Å². The zero-order valence-electron chi connectivity index (χ0n) is 9.44. The number of carbonyl (C=O) groups is 2. The van der Waals surface area contributed by atoms with Gasteiger partial charge in [-0.1, -0.05) is 22.9 Å². The largest absolute Gasteiger partial charge is 0.458 e. The van der Waals surface area contributed by atoms with Gasteiger partial charge in [-0.25, -0.2) is 0 Å². The molecule has 0 aromatic rings. The highest BCUT2D eigenvalue weighted by molar-refractivity contribution is 9.09. The smallest absolute Gasteiger partial charge is 0.303 e. The molecule has 1 saturated heterocycles. The van der Waals surface area contributed by atoms with E-state index in [-0.39, 0.29) is 17.5 Å². The molecule has 1 aliphatic rings. The predicted molar refractivity (Wildman–Crippen MR) is 58.9 cm³/mol. The van der Waals surface area contributed by atoms with Crippen molar-refractivity contribution in [1.29, 1.82) is 0 Å². The summed E-state index contributed by atoms with van der Waals surface area (Å²) in [6.07, 6.45) is -1.01. The van der Waals surface area contributed by atoms with Gasteiger partial charge >= 0.3 is 11.9 Å². The molecule has 16 heavy (non-hydrogen) atoms. The number of carbonyl (C=O) groups excluding carboxylic acids is 2. The molecule has 4 atom stereocenters. The number of ether oxygens (including phenoxy) is 3. The van der Waals surface area contributed by atoms with E-state index in [2.05, 4.69) is 15.9 Å². The molecule has 92 valence electrons. The summed E-state index contributed by atoms with van der Waals surface area (Å²) in [6.45, 7) is 4.73. The summed E-state index contributed by atoms with van der Waals surface area (Å²) < 4.78 is 15.6. The van der Waals surface area contributed by atoms with Gasteiger partial charge in [-0.3, -0.25) is 9.59 Å². The van der Waals surface area contributed by atoms with Gasteiger partial charge in [0.1, 0.15) is 11.1 Å². The average Bonchev–Trinajstić information content (AvgIpc) is 2.16. The summed E-state index contributed by atoms with van der Waals surface area (Å²) in [4.78, 5) is 21.9. The molecule has 0 aromatic carbocycles. The third-order valence-electron chi connectivity index (χ3n) is 2.34. The van der Waals surface area contributed by atoms with Crippen molar-refractivity contribution < 1.29 is 23.8 Å². The van der Waals surface area contributed by atoms with E-state index in [1.54, 1.807) is 0 Å². The topological polar surface area (TPSA) is 61.8 Å². The van der Waals surface area contributed by atoms with Crippen LogP contribution in [0.4, 0.5) is 0 Å². The lowest BCUT2D eigenvalue weighted by molar-refractivity contribution is -0.190. The Hall–Kier alpha value is -0.620. The summed E-state index contributed by atoms with van der Waals surface area (Å²) >= 11 is 3.32. The van der Waals surface area contributed by atoms with Crippen molar-refractivity contribution in [3.05, 3.63) is 0 Å². The van der Waals surface area contributed by atoms with Crippen molar-refractivity contribution in [2.24, 2.45) is 5.92 Å². The molecule has 0 aromatic heterocycles. The van der Waals surface area contributed by atoms with Crippen molar-refractivity contribution in [2.75, 3.05) is 6.61 Å². The Morgan fingerprint density at radius 2 is 1.81 bits per heavy atom. The number of esters is 2. The van der Waals surface area contributed by atoms with E-state index in [1.807, 2.05) is 6.92 Å². The lowest BCUT2D eigenvalue weighted by Gasteiger charge is -2.37. The zero-order valence-corrected chi connectivity index (χ0v) is 11.0. The Kier molecular flexibility index (Phi) is 4.73. The van der Waals surface area contributed by atoms with Crippen molar-refractivity contribution >= 4 is 27.9 Å². The van der Waals surface area contributed by atoms with Crippen LogP contribution in [-0.2, 0) is 23.8 Å². The quantitative estimate of drug-likeness (QED) is 0.566. The maximum Gasteiger partial charge on any atom is 0.303 e. The molecule has 1 fully saturated rings. The first-order chi connectivity index (χ1) is 7.41. The van der Waals surface area contributed by atoms with Crippen LogP contribution in [0.15, 0.2) is 0 Å². The highest BCUT2D eigenvalue weighted by atomic mass is 79.9. The van der Waals surface area contributed by atoms with E-state index in [4.69, 9.17) is 14.2 Å². The molecule has 5 nitrogen and oxygen atoms in total. The average molecular weight is 295 g/mol. The van der Waals surface area contributed by atoms with Gasteiger partial charge in [0.15, 0.2) is 6.10 Å². The van der Waals surface area contributed by atoms with E-state index >= 15 is 0 Å². The molecule has 0 aliphatic carbocycles. The molecule has 0 amide bonds. The van der Waals surface area contributed by atoms with Crippen molar-refractivity contribution in [2.45, 2.75) is 38.0 Å². The molecule has 6 heteroatoms. The van der Waals surface area contributed by atoms with Gasteiger partial charge in [0.05, 0.1) is 6.61 Å². The summed E-state index contributed by atoms with van der Waals surface area (Å²) in [5.74, 6) is -0.886. The lowest BCUT2D eigenvalue weighted by atomic mass is 9.98. The predicted octanol–water partition coefficient (Wildman–Crippen LogP) is 1.24. The highest BCUT2D eigenvalue weighted by Crippen LogP contribution is 2.29. The van der Waals surface area contributed by atoms with Crippen molar-refractivity contribution in [3.8, 4) is 0 Å². The van der Waals surface area contributed by atoms with Gasteiger partial charge in [-0.05, 0) is 0 Å². The van der Waals surface area contributed by atoms with Gasteiger partial charge in [0.25, 0.3) is 0 Å². The zero-order chi connectivity index (χ0) is 12.3. The van der Waals surface area contributed by atoms with E-state index in [1.165, 1.54) is 13.8 Å². The van der Waals surface area contributed by atoms with Crippen LogP contribution in [-0.4, -0.2) is 35.8 Å². The Bertz CT molecular complexity index is 280. The van der Waals surface area contributed by atoms with Gasteiger partial charge in [0.2, 0.25) is 0 Å². The van der Waals surface area contributed by atoms with Crippen LogP contribution in [0.5, 0.6) is 0 Å². The maximum absolute atomic E-state index is 11.0. The van der Waals surface area contributed by atoms with Crippen LogP contribution >= 0.6 is 15.9 Å². The molecule has 1 unspecified atom stereocenters. The fourth-order valence-corrected chi connectivity index (χ4v) is 2.06. The second-order valence-electron chi connectivity index (χ2n) is 3.77. The number of halogens is 1. The maximum atomic E-state index is 11.0. The fourth-order valence-electron chi connectivity index (χ4n) is 1.61. The van der Waals surface area contributed by atoms with E-state index in [0.717, 1.165) is 0 Å². The molecule has 1 heterocycles. The van der Waals surface area contributed by atoms with Gasteiger partial charge < -0.3 is 14.2 Å². The monoisotopic (exact) mass is 294 g/mol. The minimum atomic E-state index is -0.537. The second-order valence-corrected chi connectivity index (χ2v) is 4.67. The SMILES string of the molecule is CC(=O)O[C@H]1[C@H](OC(C)=O)COC(Br)[C@@H]1C. The van der Waals surface area contributed by atoms with Gasteiger partial charge in [-0.2, -0.15) is 0 Å². The van der Waals surface area contributed by atoms with Crippen LogP contribution in [0.1, 0.15) is 20.8 Å². The Morgan fingerprint density at radius 3 is 2.31 bits per heavy atom. The Labute approximate surface area is 103 Å². The van der Waals surface area contributed by atoms with Crippen LogP contribution < -0.4 is 0 Å². The number of hydrogen-bond acceptors (Lipinski definition) is 5. The van der Waals surface area contributed by atoms with Crippen molar-refractivity contribution in [1.82, 2.24) is 0 Å². The molecule has 0 N–H and O–H groups in total. The molecule has 0 bridgehead atoms. The fraction of sp³-hybridized carbons (Fsp3) is 0.800. The number of hydrogen-bond donors (Lipinski definition) is 0. The molecule has 0 saturated carbocycles. The first-order valence-corrected chi connectivity index (χ1v) is 5.93. The normalized spacial score (nSPS) is 34.2. The minimum absolute atomic E-state index is 0.0815. The van der Waals surface area contributed by atoms with E-state index in [0.29, 0.717) is 0 Å². The third-order valence-corrected chi connectivity index (χ3v) is 3.44. The van der Waals surface area contributed by atoms with E-state index < -0.39 is 24.1 Å². The summed E-state index contributed by atoms with van der Waals surface area (Å²) in [5.41, 5.74) is 0. The van der Waals surface area contributed by atoms with Gasteiger partial charge in [0, 0.05) is 19.8 Å². The van der Waals surface area contributed by atoms with Crippen LogP contribution in [0, 0.1) is 5.92 Å². The number of rotatable bonds is 2. The highest BCUT2D eigenvalue weighted by Gasteiger charge is 2.40. The third kappa shape index (κ3) is 3.45. The second kappa shape index (κ2) is 5.63. The van der Waals surface area contributed by atoms with Gasteiger partial charge in [-0.15, -0.1) is 0 Å².